The molecule has 0 fully saturated rings. The van der Waals surface area contributed by atoms with E-state index < -0.39 is 6.03 Å². The van der Waals surface area contributed by atoms with Crippen molar-refractivity contribution in [2.24, 2.45) is 0 Å². The predicted octanol–water partition coefficient (Wildman–Crippen LogP) is 3.01. The number of hydrogen-bond acceptors (Lipinski definition) is 8. The molecular formula is C16H21N5O3S2. The van der Waals surface area contributed by atoms with Crippen LogP contribution < -0.4 is 20.7 Å². The van der Waals surface area contributed by atoms with Gasteiger partial charge in [-0.2, -0.15) is 0 Å². The first-order valence-corrected chi connectivity index (χ1v) is 9.83. The number of hydrogen-bond donors (Lipinski definition) is 3. The molecule has 0 atom stereocenters. The van der Waals surface area contributed by atoms with E-state index in [9.17, 15) is 9.59 Å². The standard InChI is InChI=1S/C16H21N5O3S2/c1-4-24-12-8-6-5-7-11(12)18-15-20-21-16(26-15)25-9-13(22)19-14(23)17-10(2)3/h5-8,10H,4,9H2,1-3H3,(H,18,20)(H2,17,19,22,23). The first kappa shape index (κ1) is 20.0. The third-order valence-electron chi connectivity index (χ3n) is 2.83. The number of carbonyl (C=O) groups is 2. The number of benzene rings is 1. The zero-order valence-electron chi connectivity index (χ0n) is 14.7. The molecule has 0 saturated heterocycles. The van der Waals surface area contributed by atoms with E-state index in [0.29, 0.717) is 16.1 Å². The number of carbonyl (C=O) groups excluding carboxylic acids is 2. The third kappa shape index (κ3) is 6.52. The summed E-state index contributed by atoms with van der Waals surface area (Å²) < 4.78 is 6.18. The van der Waals surface area contributed by atoms with E-state index in [1.54, 1.807) is 0 Å². The first-order chi connectivity index (χ1) is 12.5. The van der Waals surface area contributed by atoms with E-state index in [4.69, 9.17) is 4.74 Å². The molecule has 0 unspecified atom stereocenters. The Labute approximate surface area is 160 Å². The number of imide groups is 1. The van der Waals surface area contributed by atoms with Crippen LogP contribution in [-0.2, 0) is 4.79 Å². The molecule has 0 aliphatic carbocycles. The lowest BCUT2D eigenvalue weighted by atomic mass is 10.3. The van der Waals surface area contributed by atoms with E-state index in [1.807, 2.05) is 45.0 Å². The van der Waals surface area contributed by atoms with Crippen LogP contribution in [-0.4, -0.2) is 40.5 Å². The predicted molar refractivity (Wildman–Crippen MR) is 103 cm³/mol. The van der Waals surface area contributed by atoms with Crippen molar-refractivity contribution >= 4 is 45.9 Å². The second kappa shape index (κ2) is 9.97. The van der Waals surface area contributed by atoms with Crippen LogP contribution in [0.1, 0.15) is 20.8 Å². The Kier molecular flexibility index (Phi) is 7.67. The molecule has 1 aromatic carbocycles. The van der Waals surface area contributed by atoms with Gasteiger partial charge in [0.05, 0.1) is 18.0 Å². The number of urea groups is 1. The van der Waals surface area contributed by atoms with Crippen molar-refractivity contribution in [2.45, 2.75) is 31.2 Å². The van der Waals surface area contributed by atoms with Gasteiger partial charge in [-0.1, -0.05) is 35.2 Å². The number of anilines is 2. The minimum atomic E-state index is -0.502. The van der Waals surface area contributed by atoms with Gasteiger partial charge >= 0.3 is 6.03 Å². The largest absolute Gasteiger partial charge is 0.492 e. The van der Waals surface area contributed by atoms with Crippen LogP contribution in [0, 0.1) is 0 Å². The molecule has 3 amide bonds. The van der Waals surface area contributed by atoms with Gasteiger partial charge in [-0.3, -0.25) is 10.1 Å². The van der Waals surface area contributed by atoms with Gasteiger partial charge in [-0.15, -0.1) is 10.2 Å². The monoisotopic (exact) mass is 395 g/mol. The summed E-state index contributed by atoms with van der Waals surface area (Å²) in [5.74, 6) is 0.421. The second-order valence-electron chi connectivity index (χ2n) is 5.39. The van der Waals surface area contributed by atoms with Crippen LogP contribution in [0.2, 0.25) is 0 Å². The Morgan fingerprint density at radius 3 is 2.77 bits per heavy atom. The molecule has 26 heavy (non-hydrogen) atoms. The topological polar surface area (TPSA) is 105 Å². The van der Waals surface area contributed by atoms with E-state index in [-0.39, 0.29) is 17.7 Å². The normalized spacial score (nSPS) is 10.5. The van der Waals surface area contributed by atoms with Crippen LogP contribution in [0.15, 0.2) is 28.6 Å². The molecule has 0 aliphatic rings. The highest BCUT2D eigenvalue weighted by atomic mass is 32.2. The molecule has 2 aromatic rings. The Bertz CT molecular complexity index is 751. The summed E-state index contributed by atoms with van der Waals surface area (Å²) >= 11 is 2.54. The highest BCUT2D eigenvalue weighted by molar-refractivity contribution is 8.01. The Balaban J connectivity index is 1.86. The fourth-order valence-corrected chi connectivity index (χ4v) is 3.44. The van der Waals surface area contributed by atoms with Gasteiger partial charge in [0.1, 0.15) is 5.75 Å². The summed E-state index contributed by atoms with van der Waals surface area (Å²) in [6, 6.07) is 7.01. The average molecular weight is 396 g/mol. The van der Waals surface area contributed by atoms with Crippen LogP contribution in [0.3, 0.4) is 0 Å². The van der Waals surface area contributed by atoms with E-state index in [2.05, 4.69) is 26.1 Å². The van der Waals surface area contributed by atoms with Crippen LogP contribution in [0.5, 0.6) is 5.75 Å². The van der Waals surface area contributed by atoms with E-state index in [1.165, 1.54) is 23.1 Å². The quantitative estimate of drug-likeness (QED) is 0.590. The van der Waals surface area contributed by atoms with Gasteiger partial charge in [-0.25, -0.2) is 4.79 Å². The highest BCUT2D eigenvalue weighted by Gasteiger charge is 2.12. The highest BCUT2D eigenvalue weighted by Crippen LogP contribution is 2.31. The third-order valence-corrected chi connectivity index (χ3v) is 4.81. The van der Waals surface area contributed by atoms with E-state index >= 15 is 0 Å². The fourth-order valence-electron chi connectivity index (χ4n) is 1.87. The van der Waals surface area contributed by atoms with Gasteiger partial charge in [0.25, 0.3) is 0 Å². The van der Waals surface area contributed by atoms with Gasteiger partial charge in [-0.05, 0) is 32.9 Å². The van der Waals surface area contributed by atoms with Crippen molar-refractivity contribution in [1.29, 1.82) is 0 Å². The molecule has 10 heteroatoms. The summed E-state index contributed by atoms with van der Waals surface area (Å²) in [5, 5.41) is 16.7. The second-order valence-corrected chi connectivity index (χ2v) is 7.59. The van der Waals surface area contributed by atoms with Gasteiger partial charge < -0.3 is 15.4 Å². The number of nitrogens with zero attached hydrogens (tertiary/aromatic N) is 2. The number of para-hydroxylation sites is 2. The molecule has 8 nitrogen and oxygen atoms in total. The molecule has 0 aliphatic heterocycles. The number of amides is 3. The Morgan fingerprint density at radius 2 is 2.04 bits per heavy atom. The summed E-state index contributed by atoms with van der Waals surface area (Å²) in [4.78, 5) is 23.2. The summed E-state index contributed by atoms with van der Waals surface area (Å²) in [7, 11) is 0. The maximum absolute atomic E-state index is 11.8. The lowest BCUT2D eigenvalue weighted by Crippen LogP contribution is -2.43. The maximum atomic E-state index is 11.8. The Morgan fingerprint density at radius 1 is 1.27 bits per heavy atom. The molecular weight excluding hydrogens is 374 g/mol. The fraction of sp³-hybridized carbons (Fsp3) is 0.375. The lowest BCUT2D eigenvalue weighted by Gasteiger charge is -2.09. The minimum absolute atomic E-state index is 0.0354. The molecule has 1 aromatic heterocycles. The van der Waals surface area contributed by atoms with E-state index in [0.717, 1.165) is 11.4 Å². The van der Waals surface area contributed by atoms with Crippen molar-refractivity contribution < 1.29 is 14.3 Å². The minimum Gasteiger partial charge on any atom is -0.492 e. The van der Waals surface area contributed by atoms with Crippen molar-refractivity contribution in [3.8, 4) is 5.75 Å². The van der Waals surface area contributed by atoms with Crippen molar-refractivity contribution in [3.63, 3.8) is 0 Å². The number of rotatable bonds is 8. The average Bonchev–Trinajstić information content (AvgIpc) is 3.02. The molecule has 2 rings (SSSR count). The van der Waals surface area contributed by atoms with Crippen LogP contribution >= 0.6 is 23.1 Å². The zero-order valence-corrected chi connectivity index (χ0v) is 16.4. The van der Waals surface area contributed by atoms with Crippen molar-refractivity contribution in [2.75, 3.05) is 17.7 Å². The summed E-state index contributed by atoms with van der Waals surface area (Å²) in [5.41, 5.74) is 0.796. The molecule has 0 radical (unpaired) electrons. The molecule has 0 bridgehead atoms. The first-order valence-electron chi connectivity index (χ1n) is 8.03. The molecule has 0 saturated carbocycles. The number of thioether (sulfide) groups is 1. The molecule has 140 valence electrons. The zero-order chi connectivity index (χ0) is 18.9. The summed E-state index contributed by atoms with van der Waals surface area (Å²) in [6.07, 6.45) is 0. The smallest absolute Gasteiger partial charge is 0.321 e. The maximum Gasteiger partial charge on any atom is 0.321 e. The van der Waals surface area contributed by atoms with Gasteiger partial charge in [0.15, 0.2) is 4.34 Å². The Hall–Kier alpha value is -2.33. The molecule has 1 heterocycles. The SMILES string of the molecule is CCOc1ccccc1Nc1nnc(SCC(=O)NC(=O)NC(C)C)s1. The van der Waals surface area contributed by atoms with Crippen LogP contribution in [0.25, 0.3) is 0 Å². The van der Waals surface area contributed by atoms with Crippen LogP contribution in [0.4, 0.5) is 15.6 Å². The number of nitrogens with one attached hydrogen (secondary N) is 3. The number of aromatic nitrogens is 2. The molecule has 3 N–H and O–H groups in total. The van der Waals surface area contributed by atoms with Gasteiger partial charge in [0.2, 0.25) is 11.0 Å². The van der Waals surface area contributed by atoms with Crippen molar-refractivity contribution in [1.82, 2.24) is 20.8 Å². The molecule has 0 spiro atoms. The summed E-state index contributed by atoms with van der Waals surface area (Å²) in [6.45, 7) is 6.12. The lowest BCUT2D eigenvalue weighted by molar-refractivity contribution is -0.117. The number of ether oxygens (including phenoxy) is 1. The van der Waals surface area contributed by atoms with Gasteiger partial charge in [0, 0.05) is 6.04 Å². The van der Waals surface area contributed by atoms with Crippen molar-refractivity contribution in [3.05, 3.63) is 24.3 Å².